The van der Waals surface area contributed by atoms with Crippen LogP contribution in [0, 0.1) is 0 Å². The van der Waals surface area contributed by atoms with Gasteiger partial charge in [0.1, 0.15) is 0 Å². The van der Waals surface area contributed by atoms with Crippen molar-refractivity contribution in [3.8, 4) is 0 Å². The van der Waals surface area contributed by atoms with E-state index in [1.165, 1.54) is 12.1 Å². The van der Waals surface area contributed by atoms with Crippen molar-refractivity contribution >= 4 is 11.9 Å². The summed E-state index contributed by atoms with van der Waals surface area (Å²) in [5.41, 5.74) is -0.232. The molecule has 0 heterocycles. The first-order chi connectivity index (χ1) is 13.3. The van der Waals surface area contributed by atoms with Gasteiger partial charge in [-0.25, -0.2) is 0 Å². The molecule has 0 spiro atoms. The summed E-state index contributed by atoms with van der Waals surface area (Å²) in [6.07, 6.45) is -0.471. The van der Waals surface area contributed by atoms with Gasteiger partial charge in [-0.2, -0.15) is 13.2 Å². The molecule has 28 heavy (non-hydrogen) atoms. The molecule has 1 aromatic carbocycles. The lowest BCUT2D eigenvalue weighted by molar-refractivity contribution is -0.137. The van der Waals surface area contributed by atoms with Gasteiger partial charge in [-0.15, -0.1) is 0 Å². The molecule has 1 fully saturated rings. The number of carbonyl (C=O) groups is 1. The number of nitrogens with one attached hydrogen (secondary N) is 3. The molecule has 1 saturated carbocycles. The second kappa shape index (κ2) is 9.80. The highest BCUT2D eigenvalue weighted by atomic mass is 19.4. The minimum atomic E-state index is -4.34. The van der Waals surface area contributed by atoms with Crippen molar-refractivity contribution in [1.82, 2.24) is 16.0 Å². The third-order valence-corrected chi connectivity index (χ3v) is 5.15. The van der Waals surface area contributed by atoms with Crippen LogP contribution in [0.1, 0.15) is 50.2 Å². The zero-order valence-corrected chi connectivity index (χ0v) is 16.5. The summed E-state index contributed by atoms with van der Waals surface area (Å²) in [5.74, 6) is 0.519. The van der Waals surface area contributed by atoms with Crippen LogP contribution in [0.3, 0.4) is 0 Å². The van der Waals surface area contributed by atoms with Gasteiger partial charge in [0.2, 0.25) is 5.91 Å². The number of amides is 1. The van der Waals surface area contributed by atoms with Crippen LogP contribution >= 0.6 is 0 Å². The molecule has 8 heteroatoms. The number of carbonyl (C=O) groups excluding carboxylic acids is 1. The quantitative estimate of drug-likeness (QED) is 0.465. The number of nitrogens with zero attached hydrogens (tertiary/aromatic N) is 1. The van der Waals surface area contributed by atoms with E-state index in [0.717, 1.165) is 31.7 Å². The Balaban J connectivity index is 1.92. The van der Waals surface area contributed by atoms with Crippen molar-refractivity contribution in [3.63, 3.8) is 0 Å². The summed E-state index contributed by atoms with van der Waals surface area (Å²) in [6.45, 7) is 3.58. The van der Waals surface area contributed by atoms with E-state index in [-0.39, 0.29) is 11.3 Å². The van der Waals surface area contributed by atoms with E-state index in [0.29, 0.717) is 37.6 Å². The molecule has 3 N–H and O–H groups in total. The molecule has 0 atom stereocenters. The Bertz CT molecular complexity index is 684. The van der Waals surface area contributed by atoms with E-state index in [9.17, 15) is 18.0 Å². The third kappa shape index (κ3) is 5.87. The number of hydrogen-bond donors (Lipinski definition) is 3. The Morgan fingerprint density at radius 1 is 1.18 bits per heavy atom. The Hall–Kier alpha value is -2.25. The molecule has 0 bridgehead atoms. The minimum Gasteiger partial charge on any atom is -0.356 e. The SMILES string of the molecule is CCCNC(=O)CCNC(=NC)NCC1(c2cccc(C(F)(F)F)c2)CCC1. The fraction of sp³-hybridized carbons (Fsp3) is 0.600. The highest BCUT2D eigenvalue weighted by molar-refractivity contribution is 5.81. The van der Waals surface area contributed by atoms with Crippen molar-refractivity contribution in [1.29, 1.82) is 0 Å². The predicted octanol–water partition coefficient (Wildman–Crippen LogP) is 3.21. The number of guanidine groups is 1. The van der Waals surface area contributed by atoms with E-state index in [1.807, 2.05) is 6.92 Å². The molecule has 5 nitrogen and oxygen atoms in total. The first-order valence-corrected chi connectivity index (χ1v) is 9.70. The van der Waals surface area contributed by atoms with Gasteiger partial charge in [-0.05, 0) is 30.9 Å². The first kappa shape index (κ1) is 22.0. The van der Waals surface area contributed by atoms with Gasteiger partial charge >= 0.3 is 6.18 Å². The van der Waals surface area contributed by atoms with Gasteiger partial charge in [0.15, 0.2) is 5.96 Å². The van der Waals surface area contributed by atoms with Gasteiger partial charge < -0.3 is 16.0 Å². The second-order valence-electron chi connectivity index (χ2n) is 7.16. The van der Waals surface area contributed by atoms with Crippen LogP contribution in [0.5, 0.6) is 0 Å². The summed E-state index contributed by atoms with van der Waals surface area (Å²) < 4.78 is 39.2. The number of hydrogen-bond acceptors (Lipinski definition) is 2. The van der Waals surface area contributed by atoms with Crippen LogP contribution in [0.25, 0.3) is 0 Å². The Labute approximate surface area is 164 Å². The predicted molar refractivity (Wildman–Crippen MR) is 104 cm³/mol. The third-order valence-electron chi connectivity index (χ3n) is 5.15. The molecule has 1 aliphatic carbocycles. The topological polar surface area (TPSA) is 65.5 Å². The van der Waals surface area contributed by atoms with Gasteiger partial charge in [0.05, 0.1) is 5.56 Å². The van der Waals surface area contributed by atoms with Crippen molar-refractivity contribution in [2.24, 2.45) is 4.99 Å². The minimum absolute atomic E-state index is 0.0239. The maximum Gasteiger partial charge on any atom is 0.416 e. The lowest BCUT2D eigenvalue weighted by atomic mass is 9.64. The van der Waals surface area contributed by atoms with E-state index >= 15 is 0 Å². The second-order valence-corrected chi connectivity index (χ2v) is 7.16. The summed E-state index contributed by atoms with van der Waals surface area (Å²) in [6, 6.07) is 5.60. The van der Waals surface area contributed by atoms with E-state index in [4.69, 9.17) is 0 Å². The number of benzene rings is 1. The normalized spacial score (nSPS) is 16.2. The molecule has 0 aromatic heterocycles. The number of aliphatic imine (C=N–C) groups is 1. The molecule has 1 amide bonds. The van der Waals surface area contributed by atoms with Crippen LogP contribution in [0.15, 0.2) is 29.3 Å². The summed E-state index contributed by atoms with van der Waals surface area (Å²) >= 11 is 0. The molecule has 156 valence electrons. The number of halogens is 3. The smallest absolute Gasteiger partial charge is 0.356 e. The zero-order chi connectivity index (χ0) is 20.6. The van der Waals surface area contributed by atoms with E-state index < -0.39 is 11.7 Å². The van der Waals surface area contributed by atoms with Crippen LogP contribution in [-0.2, 0) is 16.4 Å². The van der Waals surface area contributed by atoms with E-state index in [1.54, 1.807) is 13.1 Å². The Morgan fingerprint density at radius 2 is 1.93 bits per heavy atom. The molecule has 0 aliphatic heterocycles. The van der Waals surface area contributed by atoms with E-state index in [2.05, 4.69) is 20.9 Å². The van der Waals surface area contributed by atoms with Crippen molar-refractivity contribution in [3.05, 3.63) is 35.4 Å². The maximum atomic E-state index is 13.1. The summed E-state index contributed by atoms with van der Waals surface area (Å²) in [4.78, 5) is 15.8. The molecule has 1 aliphatic rings. The lowest BCUT2D eigenvalue weighted by Crippen LogP contribution is -2.49. The fourth-order valence-electron chi connectivity index (χ4n) is 3.32. The fourth-order valence-corrected chi connectivity index (χ4v) is 3.32. The molecular weight excluding hydrogens is 369 g/mol. The highest BCUT2D eigenvalue weighted by Gasteiger charge is 2.40. The number of rotatable bonds is 8. The van der Waals surface area contributed by atoms with Crippen LogP contribution < -0.4 is 16.0 Å². The monoisotopic (exact) mass is 398 g/mol. The van der Waals surface area contributed by atoms with Gasteiger partial charge in [-0.3, -0.25) is 9.79 Å². The molecule has 1 aromatic rings. The molecule has 0 unspecified atom stereocenters. The first-order valence-electron chi connectivity index (χ1n) is 9.70. The molecule has 0 saturated heterocycles. The van der Waals surface area contributed by atoms with Crippen LogP contribution in [-0.4, -0.2) is 38.5 Å². The van der Waals surface area contributed by atoms with Crippen molar-refractivity contribution < 1.29 is 18.0 Å². The van der Waals surface area contributed by atoms with Crippen molar-refractivity contribution in [2.45, 2.75) is 50.6 Å². The Morgan fingerprint density at radius 3 is 2.50 bits per heavy atom. The number of alkyl halides is 3. The zero-order valence-electron chi connectivity index (χ0n) is 16.5. The highest BCUT2D eigenvalue weighted by Crippen LogP contribution is 2.44. The molecule has 0 radical (unpaired) electrons. The van der Waals surface area contributed by atoms with Crippen LogP contribution in [0.2, 0.25) is 0 Å². The average Bonchev–Trinajstić information content (AvgIpc) is 2.63. The van der Waals surface area contributed by atoms with Gasteiger partial charge in [0.25, 0.3) is 0 Å². The standard InChI is InChI=1S/C20H29F3N4O/c1-3-11-25-17(28)8-12-26-18(24-2)27-14-19(9-5-10-19)15-6-4-7-16(13-15)20(21,22)23/h4,6-7,13H,3,5,8-12,14H2,1-2H3,(H,25,28)(H2,24,26,27). The molecule has 2 rings (SSSR count). The summed E-state index contributed by atoms with van der Waals surface area (Å²) in [7, 11) is 1.63. The van der Waals surface area contributed by atoms with Gasteiger partial charge in [-0.1, -0.05) is 31.5 Å². The lowest BCUT2D eigenvalue weighted by Gasteiger charge is -2.43. The molecular formula is C20H29F3N4O. The Kier molecular flexibility index (Phi) is 7.71. The van der Waals surface area contributed by atoms with Crippen LogP contribution in [0.4, 0.5) is 13.2 Å². The summed E-state index contributed by atoms with van der Waals surface area (Å²) in [5, 5.41) is 9.10. The average molecular weight is 398 g/mol. The van der Waals surface area contributed by atoms with Gasteiger partial charge in [0, 0.05) is 38.5 Å². The maximum absolute atomic E-state index is 13.1. The van der Waals surface area contributed by atoms with Crippen molar-refractivity contribution in [2.75, 3.05) is 26.7 Å². The largest absolute Gasteiger partial charge is 0.416 e.